The lowest BCUT2D eigenvalue weighted by molar-refractivity contribution is -0.116. The van der Waals surface area contributed by atoms with Crippen molar-refractivity contribution in [3.8, 4) is 11.5 Å². The van der Waals surface area contributed by atoms with Gasteiger partial charge in [0.1, 0.15) is 11.5 Å². The highest BCUT2D eigenvalue weighted by atomic mass is 16.3. The molecular weight excluding hydrogens is 206 g/mol. The Hall–Kier alpha value is -2.23. The summed E-state index contributed by atoms with van der Waals surface area (Å²) in [7, 11) is 0. The minimum absolute atomic E-state index is 0.0761. The highest BCUT2D eigenvalue weighted by Crippen LogP contribution is 2.27. The third kappa shape index (κ3) is 3.16. The van der Waals surface area contributed by atoms with E-state index in [-0.39, 0.29) is 23.0 Å². The normalized spacial score (nSPS) is 10.2. The minimum atomic E-state index is -0.317. The minimum Gasteiger partial charge on any atom is -0.507 e. The second kappa shape index (κ2) is 5.60. The Bertz CT molecular complexity index is 404. The molecule has 4 nitrogen and oxygen atoms in total. The van der Waals surface area contributed by atoms with Crippen molar-refractivity contribution >= 4 is 12.0 Å². The molecule has 0 unspecified atom stereocenters. The molecule has 16 heavy (non-hydrogen) atoms. The number of benzene rings is 1. The number of phenols is 2. The predicted octanol–water partition coefficient (Wildman–Crippen LogP) is 1.41. The van der Waals surface area contributed by atoms with Gasteiger partial charge in [0.05, 0.1) is 5.56 Å². The van der Waals surface area contributed by atoms with Crippen molar-refractivity contribution in [1.82, 2.24) is 5.32 Å². The van der Waals surface area contributed by atoms with Crippen molar-refractivity contribution in [2.24, 2.45) is 0 Å². The first kappa shape index (κ1) is 11.8. The maximum absolute atomic E-state index is 11.2. The number of nitrogens with one attached hydrogen (secondary N) is 1. The summed E-state index contributed by atoms with van der Waals surface area (Å²) >= 11 is 0. The SMILES string of the molecule is C=CCNC(=O)C=Cc1c(O)cccc1O. The molecule has 1 amide bonds. The molecule has 1 aromatic rings. The molecule has 4 heteroatoms. The van der Waals surface area contributed by atoms with E-state index in [0.29, 0.717) is 6.54 Å². The lowest BCUT2D eigenvalue weighted by Gasteiger charge is -2.01. The first-order valence-corrected chi connectivity index (χ1v) is 4.73. The Kier molecular flexibility index (Phi) is 4.15. The third-order valence-electron chi connectivity index (χ3n) is 1.88. The van der Waals surface area contributed by atoms with Gasteiger partial charge in [-0.25, -0.2) is 0 Å². The number of aromatic hydroxyl groups is 2. The van der Waals surface area contributed by atoms with Crippen LogP contribution >= 0.6 is 0 Å². The molecule has 0 aliphatic carbocycles. The van der Waals surface area contributed by atoms with Gasteiger partial charge in [0.25, 0.3) is 0 Å². The van der Waals surface area contributed by atoms with Crippen LogP contribution < -0.4 is 5.32 Å². The fourth-order valence-electron chi connectivity index (χ4n) is 1.10. The molecule has 0 fully saturated rings. The van der Waals surface area contributed by atoms with Gasteiger partial charge in [-0.05, 0) is 18.2 Å². The molecule has 0 heterocycles. The highest BCUT2D eigenvalue weighted by molar-refractivity contribution is 5.92. The standard InChI is InChI=1S/C12H13NO3/c1-2-8-13-12(16)7-6-9-10(14)4-3-5-11(9)15/h2-7,14-15H,1,8H2,(H,13,16). The summed E-state index contributed by atoms with van der Waals surface area (Å²) in [6, 6.07) is 4.38. The zero-order valence-electron chi connectivity index (χ0n) is 8.68. The quantitative estimate of drug-likeness (QED) is 0.529. The molecule has 1 rings (SSSR count). The van der Waals surface area contributed by atoms with Crippen molar-refractivity contribution < 1.29 is 15.0 Å². The van der Waals surface area contributed by atoms with E-state index in [1.807, 2.05) is 0 Å². The number of rotatable bonds is 4. The zero-order valence-corrected chi connectivity index (χ0v) is 8.68. The van der Waals surface area contributed by atoms with Gasteiger partial charge < -0.3 is 15.5 Å². The van der Waals surface area contributed by atoms with E-state index in [1.54, 1.807) is 6.08 Å². The fraction of sp³-hybridized carbons (Fsp3) is 0.0833. The monoisotopic (exact) mass is 219 g/mol. The van der Waals surface area contributed by atoms with Gasteiger partial charge >= 0.3 is 0 Å². The topological polar surface area (TPSA) is 69.6 Å². The van der Waals surface area contributed by atoms with E-state index >= 15 is 0 Å². The van der Waals surface area contributed by atoms with Gasteiger partial charge in [-0.15, -0.1) is 6.58 Å². The number of hydrogen-bond donors (Lipinski definition) is 3. The van der Waals surface area contributed by atoms with Gasteiger partial charge in [0, 0.05) is 12.6 Å². The van der Waals surface area contributed by atoms with Crippen molar-refractivity contribution in [2.45, 2.75) is 0 Å². The Balaban J connectivity index is 2.76. The van der Waals surface area contributed by atoms with Crippen molar-refractivity contribution in [1.29, 1.82) is 0 Å². The lowest BCUT2D eigenvalue weighted by Crippen LogP contribution is -2.20. The maximum Gasteiger partial charge on any atom is 0.244 e. The summed E-state index contributed by atoms with van der Waals surface area (Å²) in [4.78, 5) is 11.2. The molecule has 3 N–H and O–H groups in total. The van der Waals surface area contributed by atoms with Crippen molar-refractivity contribution in [3.05, 3.63) is 42.5 Å². The summed E-state index contributed by atoms with van der Waals surface area (Å²) in [5.74, 6) is -0.469. The maximum atomic E-state index is 11.2. The van der Waals surface area contributed by atoms with Crippen LogP contribution in [0.3, 0.4) is 0 Å². The van der Waals surface area contributed by atoms with Crippen LogP contribution in [-0.4, -0.2) is 22.7 Å². The molecule has 0 aliphatic heterocycles. The van der Waals surface area contributed by atoms with E-state index in [2.05, 4.69) is 11.9 Å². The van der Waals surface area contributed by atoms with E-state index < -0.39 is 0 Å². The van der Waals surface area contributed by atoms with Gasteiger partial charge in [0.15, 0.2) is 0 Å². The van der Waals surface area contributed by atoms with E-state index in [9.17, 15) is 15.0 Å². The second-order valence-electron chi connectivity index (χ2n) is 3.08. The van der Waals surface area contributed by atoms with Gasteiger partial charge in [-0.2, -0.15) is 0 Å². The number of amides is 1. The lowest BCUT2D eigenvalue weighted by atomic mass is 10.1. The molecule has 0 bridgehead atoms. The average molecular weight is 219 g/mol. The molecule has 0 saturated heterocycles. The third-order valence-corrected chi connectivity index (χ3v) is 1.88. The molecule has 0 radical (unpaired) electrons. The van der Waals surface area contributed by atoms with Gasteiger partial charge in [0.2, 0.25) is 5.91 Å². The molecular formula is C12H13NO3. The van der Waals surface area contributed by atoms with Crippen LogP contribution in [0.5, 0.6) is 11.5 Å². The molecule has 0 spiro atoms. The molecule has 1 aromatic carbocycles. The van der Waals surface area contributed by atoms with Gasteiger partial charge in [-0.3, -0.25) is 4.79 Å². The van der Waals surface area contributed by atoms with E-state index in [4.69, 9.17) is 0 Å². The fourth-order valence-corrected chi connectivity index (χ4v) is 1.10. The first-order chi connectivity index (χ1) is 7.65. The van der Waals surface area contributed by atoms with E-state index in [1.165, 1.54) is 30.4 Å². The zero-order chi connectivity index (χ0) is 12.0. The summed E-state index contributed by atoms with van der Waals surface area (Å²) in [5, 5.41) is 21.4. The molecule has 0 aliphatic rings. The smallest absolute Gasteiger partial charge is 0.244 e. The predicted molar refractivity (Wildman–Crippen MR) is 62.0 cm³/mol. The Labute approximate surface area is 93.5 Å². The van der Waals surface area contributed by atoms with Gasteiger partial charge in [-0.1, -0.05) is 12.1 Å². The number of carbonyl (C=O) groups is 1. The molecule has 0 atom stereocenters. The highest BCUT2D eigenvalue weighted by Gasteiger charge is 2.03. The summed E-state index contributed by atoms with van der Waals surface area (Å²) < 4.78 is 0. The Morgan fingerprint density at radius 1 is 1.38 bits per heavy atom. The molecule has 84 valence electrons. The van der Waals surface area contributed by atoms with Crippen LogP contribution in [0.4, 0.5) is 0 Å². The largest absolute Gasteiger partial charge is 0.507 e. The Morgan fingerprint density at radius 2 is 2.00 bits per heavy atom. The van der Waals surface area contributed by atoms with Crippen molar-refractivity contribution in [3.63, 3.8) is 0 Å². The van der Waals surface area contributed by atoms with Crippen LogP contribution in [0, 0.1) is 0 Å². The summed E-state index contributed by atoms with van der Waals surface area (Å²) in [6.07, 6.45) is 4.14. The number of carbonyl (C=O) groups excluding carboxylic acids is 1. The summed E-state index contributed by atoms with van der Waals surface area (Å²) in [6.45, 7) is 3.83. The second-order valence-corrected chi connectivity index (χ2v) is 3.08. The van der Waals surface area contributed by atoms with Crippen LogP contribution in [0.1, 0.15) is 5.56 Å². The Morgan fingerprint density at radius 3 is 2.56 bits per heavy atom. The van der Waals surface area contributed by atoms with Crippen molar-refractivity contribution in [2.75, 3.05) is 6.54 Å². The van der Waals surface area contributed by atoms with Crippen LogP contribution in [0.15, 0.2) is 36.9 Å². The van der Waals surface area contributed by atoms with Crippen LogP contribution in [0.25, 0.3) is 6.08 Å². The first-order valence-electron chi connectivity index (χ1n) is 4.73. The average Bonchev–Trinajstić information content (AvgIpc) is 2.25. The number of hydrogen-bond acceptors (Lipinski definition) is 3. The van der Waals surface area contributed by atoms with Crippen LogP contribution in [0.2, 0.25) is 0 Å². The molecule has 0 aromatic heterocycles. The summed E-state index contributed by atoms with van der Waals surface area (Å²) in [5.41, 5.74) is 0.219. The van der Waals surface area contributed by atoms with Crippen LogP contribution in [-0.2, 0) is 4.79 Å². The molecule has 0 saturated carbocycles. The number of phenolic OH excluding ortho intramolecular Hbond substituents is 2. The van der Waals surface area contributed by atoms with E-state index in [0.717, 1.165) is 0 Å².